The van der Waals surface area contributed by atoms with Gasteiger partial charge in [0.1, 0.15) is 17.4 Å². The summed E-state index contributed by atoms with van der Waals surface area (Å²) in [6.07, 6.45) is -4.82. The van der Waals surface area contributed by atoms with Crippen molar-refractivity contribution >= 4 is 11.6 Å². The predicted octanol–water partition coefficient (Wildman–Crippen LogP) is 4.76. The molecule has 1 aromatic heterocycles. The van der Waals surface area contributed by atoms with Crippen LogP contribution in [0.15, 0.2) is 42.5 Å². The third kappa shape index (κ3) is 3.71. The maximum Gasteiger partial charge on any atom is 0.573 e. The minimum atomic E-state index is -4.82. The maximum atomic E-state index is 13.8. The molecule has 0 radical (unpaired) electrons. The molecule has 3 aromatic rings. The van der Waals surface area contributed by atoms with Gasteiger partial charge in [-0.3, -0.25) is 0 Å². The number of hydrogen-bond acceptors (Lipinski definition) is 3. The molecule has 0 saturated heterocycles. The molecule has 0 atom stereocenters. The molecule has 0 spiro atoms. The number of alkyl halides is 3. The molecule has 0 N–H and O–H groups in total. The molecule has 0 aliphatic carbocycles. The molecule has 0 amide bonds. The quantitative estimate of drug-likeness (QED) is 0.619. The van der Waals surface area contributed by atoms with E-state index >= 15 is 0 Å². The van der Waals surface area contributed by atoms with Gasteiger partial charge in [0.25, 0.3) is 0 Å². The van der Waals surface area contributed by atoms with E-state index in [2.05, 4.69) is 14.8 Å². The van der Waals surface area contributed by atoms with Crippen molar-refractivity contribution in [1.29, 1.82) is 0 Å². The Morgan fingerprint density at radius 1 is 0.960 bits per heavy atom. The van der Waals surface area contributed by atoms with Gasteiger partial charge in [-0.25, -0.2) is 13.5 Å². The normalized spacial score (nSPS) is 11.6. The highest BCUT2D eigenvalue weighted by Gasteiger charge is 2.31. The molecule has 0 aliphatic rings. The molecule has 0 bridgehead atoms. The van der Waals surface area contributed by atoms with Gasteiger partial charge in [-0.15, -0.1) is 18.3 Å². The first kappa shape index (κ1) is 17.2. The van der Waals surface area contributed by atoms with Crippen LogP contribution in [0, 0.1) is 11.6 Å². The fraction of sp³-hybridized carbons (Fsp3) is 0.0667. The Hall–Kier alpha value is -2.68. The summed E-state index contributed by atoms with van der Waals surface area (Å²) >= 11 is 5.91. The first-order valence-electron chi connectivity index (χ1n) is 6.68. The van der Waals surface area contributed by atoms with Crippen LogP contribution in [0.3, 0.4) is 0 Å². The summed E-state index contributed by atoms with van der Waals surface area (Å²) in [4.78, 5) is 3.79. The second kappa shape index (κ2) is 6.32. The zero-order valence-electron chi connectivity index (χ0n) is 12.1. The van der Waals surface area contributed by atoms with Crippen LogP contribution in [0.4, 0.5) is 22.0 Å². The first-order chi connectivity index (χ1) is 11.7. The first-order valence-corrected chi connectivity index (χ1v) is 7.05. The van der Waals surface area contributed by atoms with Crippen LogP contribution in [0.25, 0.3) is 17.1 Å². The Morgan fingerprint density at radius 3 is 2.12 bits per heavy atom. The summed E-state index contributed by atoms with van der Waals surface area (Å²) in [5.41, 5.74) is -0.227. The largest absolute Gasteiger partial charge is 0.573 e. The van der Waals surface area contributed by atoms with Crippen molar-refractivity contribution < 1.29 is 26.7 Å². The van der Waals surface area contributed by atoms with Crippen LogP contribution < -0.4 is 4.74 Å². The van der Waals surface area contributed by atoms with Crippen molar-refractivity contribution in [2.75, 3.05) is 0 Å². The van der Waals surface area contributed by atoms with E-state index in [1.807, 2.05) is 0 Å². The lowest BCUT2D eigenvalue weighted by Gasteiger charge is -2.09. The second-order valence-electron chi connectivity index (χ2n) is 4.75. The molecule has 4 nitrogen and oxygen atoms in total. The number of benzene rings is 2. The Balaban J connectivity index is 1.96. The molecule has 10 heteroatoms. The Morgan fingerprint density at radius 2 is 1.56 bits per heavy atom. The lowest BCUT2D eigenvalue weighted by atomic mass is 10.2. The van der Waals surface area contributed by atoms with Crippen LogP contribution in [0.1, 0.15) is 0 Å². The average molecular weight is 376 g/mol. The maximum absolute atomic E-state index is 13.8. The molecule has 1 heterocycles. The van der Waals surface area contributed by atoms with E-state index in [9.17, 15) is 22.0 Å². The van der Waals surface area contributed by atoms with E-state index in [-0.39, 0.29) is 16.8 Å². The van der Waals surface area contributed by atoms with Crippen molar-refractivity contribution in [2.45, 2.75) is 6.36 Å². The summed E-state index contributed by atoms with van der Waals surface area (Å²) in [5, 5.41) is 3.69. The van der Waals surface area contributed by atoms with Gasteiger partial charge in [-0.05, 0) is 48.0 Å². The van der Waals surface area contributed by atoms with Gasteiger partial charge < -0.3 is 4.74 Å². The number of aromatic nitrogens is 3. The van der Waals surface area contributed by atoms with Crippen molar-refractivity contribution in [3.05, 3.63) is 59.4 Å². The van der Waals surface area contributed by atoms with Crippen molar-refractivity contribution in [3.63, 3.8) is 0 Å². The number of halogens is 6. The van der Waals surface area contributed by atoms with Gasteiger partial charge in [0.05, 0.1) is 11.3 Å². The van der Waals surface area contributed by atoms with Crippen molar-refractivity contribution in [1.82, 2.24) is 14.8 Å². The lowest BCUT2D eigenvalue weighted by Crippen LogP contribution is -2.17. The van der Waals surface area contributed by atoms with Gasteiger partial charge in [-0.1, -0.05) is 6.07 Å². The Kier molecular flexibility index (Phi) is 4.34. The molecule has 0 fully saturated rings. The molecule has 2 aromatic carbocycles. The second-order valence-corrected chi connectivity index (χ2v) is 5.09. The van der Waals surface area contributed by atoms with E-state index in [1.165, 1.54) is 18.2 Å². The van der Waals surface area contributed by atoms with E-state index in [0.717, 1.165) is 28.9 Å². The summed E-state index contributed by atoms with van der Waals surface area (Å²) in [5.74, 6) is -2.48. The molecule has 0 unspecified atom stereocenters. The standard InChI is InChI=1S/C15H7ClF5N3O/c16-14-22-13(12-10(17)2-1-3-11(12)18)23-24(14)8-4-6-9(7-5-8)25-15(19,20)21/h1-7H. The zero-order chi connectivity index (χ0) is 18.2. The van der Waals surface area contributed by atoms with E-state index in [1.54, 1.807) is 0 Å². The zero-order valence-corrected chi connectivity index (χ0v) is 12.8. The number of ether oxygens (including phenoxy) is 1. The van der Waals surface area contributed by atoms with Gasteiger partial charge in [0, 0.05) is 0 Å². The molecule has 130 valence electrons. The third-order valence-electron chi connectivity index (χ3n) is 3.07. The topological polar surface area (TPSA) is 39.9 Å². The van der Waals surface area contributed by atoms with E-state index in [4.69, 9.17) is 11.6 Å². The summed E-state index contributed by atoms with van der Waals surface area (Å²) in [6.45, 7) is 0. The highest BCUT2D eigenvalue weighted by atomic mass is 35.5. The predicted molar refractivity (Wildman–Crippen MR) is 78.4 cm³/mol. The van der Waals surface area contributed by atoms with Gasteiger partial charge in [-0.2, -0.15) is 4.98 Å². The third-order valence-corrected chi connectivity index (χ3v) is 3.31. The minimum Gasteiger partial charge on any atom is -0.406 e. The number of rotatable bonds is 3. The van der Waals surface area contributed by atoms with E-state index < -0.39 is 29.3 Å². The molecule has 0 saturated carbocycles. The van der Waals surface area contributed by atoms with Crippen LogP contribution in [0.2, 0.25) is 5.28 Å². The molecule has 3 rings (SSSR count). The minimum absolute atomic E-state index is 0.220. The lowest BCUT2D eigenvalue weighted by molar-refractivity contribution is -0.274. The van der Waals surface area contributed by atoms with Gasteiger partial charge in [0.2, 0.25) is 5.28 Å². The van der Waals surface area contributed by atoms with Crippen LogP contribution in [0.5, 0.6) is 5.75 Å². The summed E-state index contributed by atoms with van der Waals surface area (Å²) in [6, 6.07) is 7.83. The van der Waals surface area contributed by atoms with Crippen LogP contribution in [-0.2, 0) is 0 Å². The summed E-state index contributed by atoms with van der Waals surface area (Å²) < 4.78 is 68.8. The van der Waals surface area contributed by atoms with Gasteiger partial charge in [0.15, 0.2) is 5.82 Å². The van der Waals surface area contributed by atoms with Crippen molar-refractivity contribution in [2.24, 2.45) is 0 Å². The fourth-order valence-corrected chi connectivity index (χ4v) is 2.28. The highest BCUT2D eigenvalue weighted by molar-refractivity contribution is 6.28. The Labute approximate surface area is 142 Å². The monoisotopic (exact) mass is 375 g/mol. The van der Waals surface area contributed by atoms with E-state index in [0.29, 0.717) is 0 Å². The molecule has 0 aliphatic heterocycles. The van der Waals surface area contributed by atoms with Crippen LogP contribution >= 0.6 is 11.6 Å². The Bertz CT molecular complexity index is 888. The molecular formula is C15H7ClF5N3O. The van der Waals surface area contributed by atoms with Gasteiger partial charge >= 0.3 is 6.36 Å². The fourth-order valence-electron chi connectivity index (χ4n) is 2.06. The smallest absolute Gasteiger partial charge is 0.406 e. The summed E-state index contributed by atoms with van der Waals surface area (Å²) in [7, 11) is 0. The SMILES string of the molecule is Fc1cccc(F)c1-c1nc(Cl)n(-c2ccc(OC(F)(F)F)cc2)n1. The average Bonchev–Trinajstić information content (AvgIpc) is 2.88. The van der Waals surface area contributed by atoms with Crippen LogP contribution in [-0.4, -0.2) is 21.1 Å². The number of nitrogens with zero attached hydrogens (tertiary/aromatic N) is 3. The molecular weight excluding hydrogens is 369 g/mol. The molecule has 25 heavy (non-hydrogen) atoms. The number of hydrogen-bond donors (Lipinski definition) is 0. The highest BCUT2D eigenvalue weighted by Crippen LogP contribution is 2.27. The van der Waals surface area contributed by atoms with Crippen molar-refractivity contribution in [3.8, 4) is 22.8 Å².